The Labute approximate surface area is 164 Å². The number of benzene rings is 1. The molecule has 0 aromatic heterocycles. The van der Waals surface area contributed by atoms with E-state index in [1.54, 1.807) is 31.3 Å². The summed E-state index contributed by atoms with van der Waals surface area (Å²) in [4.78, 5) is 0. The summed E-state index contributed by atoms with van der Waals surface area (Å²) in [6, 6.07) is 9.14. The van der Waals surface area contributed by atoms with Gasteiger partial charge < -0.3 is 20.5 Å². The summed E-state index contributed by atoms with van der Waals surface area (Å²) in [6.07, 6.45) is 0. The smallest absolute Gasteiger partial charge is 0.259 e. The fourth-order valence-corrected chi connectivity index (χ4v) is 4.60. The molecule has 2 heterocycles. The lowest BCUT2D eigenvalue weighted by Gasteiger charge is -2.30. The van der Waals surface area contributed by atoms with Crippen molar-refractivity contribution in [1.29, 1.82) is 5.26 Å². The van der Waals surface area contributed by atoms with Gasteiger partial charge in [-0.2, -0.15) is 5.26 Å². The van der Waals surface area contributed by atoms with E-state index in [1.807, 2.05) is 6.92 Å². The van der Waals surface area contributed by atoms with Crippen LogP contribution in [0.15, 0.2) is 59.3 Å². The predicted molar refractivity (Wildman–Crippen MR) is 105 cm³/mol. The van der Waals surface area contributed by atoms with Gasteiger partial charge in [0.05, 0.1) is 24.8 Å². The van der Waals surface area contributed by atoms with Gasteiger partial charge in [0, 0.05) is 12.6 Å². The normalized spacial score (nSPS) is 21.8. The van der Waals surface area contributed by atoms with Crippen molar-refractivity contribution in [2.24, 2.45) is 5.73 Å². The summed E-state index contributed by atoms with van der Waals surface area (Å²) >= 11 is 0. The van der Waals surface area contributed by atoms with Crippen molar-refractivity contribution >= 4 is 15.7 Å². The molecule has 0 radical (unpaired) electrons. The van der Waals surface area contributed by atoms with Crippen molar-refractivity contribution in [3.8, 4) is 6.07 Å². The Morgan fingerprint density at radius 1 is 1.39 bits per heavy atom. The third-order valence-electron chi connectivity index (χ3n) is 4.63. The topological polar surface area (TPSA) is 118 Å². The van der Waals surface area contributed by atoms with Gasteiger partial charge in [0.2, 0.25) is 5.88 Å². The van der Waals surface area contributed by atoms with Crippen LogP contribution in [0.5, 0.6) is 0 Å². The number of rotatable bonds is 4. The third-order valence-corrected chi connectivity index (χ3v) is 6.16. The number of nitrogens with two attached hydrogens (primary N) is 1. The number of anilines is 1. The summed E-state index contributed by atoms with van der Waals surface area (Å²) in [5.41, 5.74) is 9.02. The van der Waals surface area contributed by atoms with E-state index < -0.39 is 15.9 Å². The molecule has 9 heteroatoms. The molecule has 3 N–H and O–H groups in total. The highest BCUT2D eigenvalue weighted by Crippen LogP contribution is 2.41. The summed E-state index contributed by atoms with van der Waals surface area (Å²) < 4.78 is 36.4. The number of sulfonamides is 1. The van der Waals surface area contributed by atoms with Gasteiger partial charge >= 0.3 is 0 Å². The Morgan fingerprint density at radius 2 is 2.07 bits per heavy atom. The zero-order chi connectivity index (χ0) is 20.5. The van der Waals surface area contributed by atoms with Gasteiger partial charge in [-0.15, -0.1) is 0 Å². The van der Waals surface area contributed by atoms with Gasteiger partial charge in [-0.3, -0.25) is 4.31 Å². The fourth-order valence-electron chi connectivity index (χ4n) is 3.35. The Hall–Kier alpha value is -2.96. The van der Waals surface area contributed by atoms with Gasteiger partial charge in [-0.05, 0) is 30.2 Å². The molecule has 0 bridgehead atoms. The second-order valence-electron chi connectivity index (χ2n) is 6.50. The Bertz CT molecular complexity index is 1000. The average Bonchev–Trinajstić information content (AvgIpc) is 2.66. The lowest BCUT2D eigenvalue weighted by molar-refractivity contribution is 0.175. The predicted octanol–water partition coefficient (Wildman–Crippen LogP) is 1.63. The van der Waals surface area contributed by atoms with Crippen LogP contribution in [-0.4, -0.2) is 34.6 Å². The zero-order valence-corrected chi connectivity index (χ0v) is 16.5. The molecule has 28 heavy (non-hydrogen) atoms. The van der Waals surface area contributed by atoms with Gasteiger partial charge in [-0.1, -0.05) is 18.7 Å². The fraction of sp³-hybridized carbons (Fsp3) is 0.316. The van der Waals surface area contributed by atoms with Crippen LogP contribution in [0.3, 0.4) is 0 Å². The van der Waals surface area contributed by atoms with Gasteiger partial charge in [0.1, 0.15) is 11.6 Å². The van der Waals surface area contributed by atoms with Crippen molar-refractivity contribution in [3.63, 3.8) is 0 Å². The van der Waals surface area contributed by atoms with E-state index in [0.29, 0.717) is 18.2 Å². The highest BCUT2D eigenvalue weighted by atomic mass is 32.2. The standard InChI is InChI=1S/C19H22N4O4S/c1-12(2)16-17(15(10-20)18(21)27-19(16)22-3)13-4-6-14(7-5-13)23-8-9-26-11-28(23,24)25/h4-7,17,22H,1,8-9,11,21H2,2-3H3. The van der Waals surface area contributed by atoms with Crippen LogP contribution in [0.2, 0.25) is 0 Å². The molecular weight excluding hydrogens is 380 g/mol. The van der Waals surface area contributed by atoms with Crippen LogP contribution < -0.4 is 15.4 Å². The van der Waals surface area contributed by atoms with Gasteiger partial charge in [0.15, 0.2) is 11.8 Å². The van der Waals surface area contributed by atoms with Crippen LogP contribution in [0, 0.1) is 11.3 Å². The van der Waals surface area contributed by atoms with E-state index in [2.05, 4.69) is 18.0 Å². The molecule has 1 saturated heterocycles. The Balaban J connectivity index is 2.05. The molecule has 0 spiro atoms. The molecule has 2 aliphatic rings. The number of allylic oxidation sites excluding steroid dienone is 3. The van der Waals surface area contributed by atoms with E-state index in [4.69, 9.17) is 15.2 Å². The molecular formula is C19H22N4O4S. The molecule has 1 aromatic rings. The van der Waals surface area contributed by atoms with E-state index in [-0.39, 0.29) is 23.9 Å². The number of nitrogens with zero attached hydrogens (tertiary/aromatic N) is 2. The number of ether oxygens (including phenoxy) is 2. The van der Waals surface area contributed by atoms with Crippen molar-refractivity contribution in [2.75, 3.05) is 30.4 Å². The molecule has 1 aromatic carbocycles. The van der Waals surface area contributed by atoms with E-state index >= 15 is 0 Å². The monoisotopic (exact) mass is 402 g/mol. The largest absolute Gasteiger partial charge is 0.424 e. The van der Waals surface area contributed by atoms with Crippen molar-refractivity contribution in [2.45, 2.75) is 12.8 Å². The Morgan fingerprint density at radius 3 is 2.61 bits per heavy atom. The van der Waals surface area contributed by atoms with Crippen molar-refractivity contribution in [3.05, 3.63) is 64.9 Å². The maximum absolute atomic E-state index is 12.2. The van der Waals surface area contributed by atoms with Crippen molar-refractivity contribution in [1.82, 2.24) is 5.32 Å². The lowest BCUT2D eigenvalue weighted by atomic mass is 9.81. The van der Waals surface area contributed by atoms with E-state index in [9.17, 15) is 13.7 Å². The van der Waals surface area contributed by atoms with E-state index in [1.165, 1.54) is 4.31 Å². The number of hydrogen-bond donors (Lipinski definition) is 2. The molecule has 0 amide bonds. The average molecular weight is 402 g/mol. The maximum atomic E-state index is 12.2. The van der Waals surface area contributed by atoms with Crippen LogP contribution >= 0.6 is 0 Å². The summed E-state index contributed by atoms with van der Waals surface area (Å²) in [6.45, 7) is 6.43. The lowest BCUT2D eigenvalue weighted by Crippen LogP contribution is -2.41. The molecule has 1 atom stereocenters. The number of nitrogens with one attached hydrogen (secondary N) is 1. The molecule has 2 aliphatic heterocycles. The van der Waals surface area contributed by atoms with Crippen LogP contribution in [0.25, 0.3) is 0 Å². The van der Waals surface area contributed by atoms with Gasteiger partial charge in [-0.25, -0.2) is 8.42 Å². The second-order valence-corrected chi connectivity index (χ2v) is 8.34. The van der Waals surface area contributed by atoms with Gasteiger partial charge in [0.25, 0.3) is 10.0 Å². The minimum Gasteiger partial charge on any atom is -0.424 e. The molecule has 0 saturated carbocycles. The first kappa shape index (κ1) is 19.8. The summed E-state index contributed by atoms with van der Waals surface area (Å²) in [5.74, 6) is -0.328. The van der Waals surface area contributed by atoms with Crippen LogP contribution in [0.4, 0.5) is 5.69 Å². The van der Waals surface area contributed by atoms with Crippen LogP contribution in [-0.2, 0) is 19.5 Å². The molecule has 148 valence electrons. The first-order chi connectivity index (χ1) is 13.3. The zero-order valence-electron chi connectivity index (χ0n) is 15.7. The molecule has 1 fully saturated rings. The summed E-state index contributed by atoms with van der Waals surface area (Å²) in [7, 11) is -1.80. The van der Waals surface area contributed by atoms with E-state index in [0.717, 1.165) is 16.7 Å². The molecule has 0 aliphatic carbocycles. The number of nitriles is 1. The van der Waals surface area contributed by atoms with Crippen LogP contribution in [0.1, 0.15) is 18.4 Å². The second kappa shape index (κ2) is 7.58. The molecule has 1 unspecified atom stereocenters. The molecule has 3 rings (SSSR count). The highest BCUT2D eigenvalue weighted by molar-refractivity contribution is 7.92. The summed E-state index contributed by atoms with van der Waals surface area (Å²) in [5, 5.41) is 12.6. The third kappa shape index (κ3) is 3.44. The first-order valence-electron chi connectivity index (χ1n) is 8.63. The minimum atomic E-state index is -3.50. The number of hydrogen-bond acceptors (Lipinski definition) is 7. The maximum Gasteiger partial charge on any atom is 0.259 e. The first-order valence-corrected chi connectivity index (χ1v) is 10.2. The Kier molecular flexibility index (Phi) is 5.36. The SMILES string of the molecule is C=C(C)C1=C(NC)OC(N)=C(C#N)C1c1ccc(N2CCOCS2(=O)=O)cc1. The quantitative estimate of drug-likeness (QED) is 0.786. The highest BCUT2D eigenvalue weighted by Gasteiger charge is 2.33. The minimum absolute atomic E-state index is 0.0293. The van der Waals surface area contributed by atoms with Crippen molar-refractivity contribution < 1.29 is 17.9 Å². The molecule has 8 nitrogen and oxygen atoms in total.